The Kier molecular flexibility index (Phi) is 4.77. The summed E-state index contributed by atoms with van der Waals surface area (Å²) in [7, 11) is 0. The van der Waals surface area contributed by atoms with Gasteiger partial charge in [-0.1, -0.05) is 71.9 Å². The van der Waals surface area contributed by atoms with Crippen LogP contribution in [0.5, 0.6) is 0 Å². The molecule has 5 heteroatoms. The van der Waals surface area contributed by atoms with E-state index in [0.717, 1.165) is 16.7 Å². The third-order valence-electron chi connectivity index (χ3n) is 4.50. The van der Waals surface area contributed by atoms with Gasteiger partial charge in [0, 0.05) is 18.0 Å². The maximum absolute atomic E-state index is 13.1. The SMILES string of the molecule is CSc1ncc2c(=O)n(Cc3cccc(C)c3)cc(-c3ccccc3)c2n1. The molecule has 0 amide bonds. The number of fused-ring (bicyclic) bond motifs is 1. The zero-order chi connectivity index (χ0) is 18.8. The Morgan fingerprint density at radius 2 is 1.89 bits per heavy atom. The number of hydrogen-bond acceptors (Lipinski definition) is 4. The molecule has 4 rings (SSSR count). The predicted octanol–water partition coefficient (Wildman–Crippen LogP) is 4.54. The summed E-state index contributed by atoms with van der Waals surface area (Å²) in [5.41, 5.74) is 4.88. The third-order valence-corrected chi connectivity index (χ3v) is 5.06. The molecule has 27 heavy (non-hydrogen) atoms. The van der Waals surface area contributed by atoms with E-state index >= 15 is 0 Å². The average Bonchev–Trinajstić information content (AvgIpc) is 2.70. The molecule has 134 valence electrons. The van der Waals surface area contributed by atoms with E-state index in [2.05, 4.69) is 29.0 Å². The highest BCUT2D eigenvalue weighted by Gasteiger charge is 2.13. The van der Waals surface area contributed by atoms with Gasteiger partial charge in [0.05, 0.1) is 17.4 Å². The first-order chi connectivity index (χ1) is 13.2. The molecule has 4 nitrogen and oxygen atoms in total. The average molecular weight is 373 g/mol. The van der Waals surface area contributed by atoms with Crippen LogP contribution in [-0.2, 0) is 6.54 Å². The van der Waals surface area contributed by atoms with E-state index in [9.17, 15) is 4.79 Å². The van der Waals surface area contributed by atoms with Crippen molar-refractivity contribution in [2.45, 2.75) is 18.6 Å². The number of aromatic nitrogens is 3. The molecule has 0 radical (unpaired) electrons. The minimum atomic E-state index is -0.0705. The Morgan fingerprint density at radius 1 is 1.07 bits per heavy atom. The zero-order valence-corrected chi connectivity index (χ0v) is 16.0. The summed E-state index contributed by atoms with van der Waals surface area (Å²) in [5.74, 6) is 0. The number of pyridine rings is 1. The lowest BCUT2D eigenvalue weighted by Gasteiger charge is -2.13. The van der Waals surface area contributed by atoms with Crippen molar-refractivity contribution in [2.75, 3.05) is 6.26 Å². The fraction of sp³-hybridized carbons (Fsp3) is 0.136. The van der Waals surface area contributed by atoms with Crippen molar-refractivity contribution in [3.63, 3.8) is 0 Å². The lowest BCUT2D eigenvalue weighted by molar-refractivity contribution is 0.766. The molecular formula is C22H19N3OS. The maximum Gasteiger partial charge on any atom is 0.261 e. The third kappa shape index (κ3) is 3.51. The van der Waals surface area contributed by atoms with Crippen molar-refractivity contribution in [2.24, 2.45) is 0 Å². The van der Waals surface area contributed by atoms with Gasteiger partial charge in [-0.25, -0.2) is 9.97 Å². The summed E-state index contributed by atoms with van der Waals surface area (Å²) in [6.45, 7) is 2.57. The van der Waals surface area contributed by atoms with Gasteiger partial charge in [-0.2, -0.15) is 0 Å². The Morgan fingerprint density at radius 3 is 2.63 bits per heavy atom. The number of hydrogen-bond donors (Lipinski definition) is 0. The van der Waals surface area contributed by atoms with Crippen LogP contribution in [0.1, 0.15) is 11.1 Å². The van der Waals surface area contributed by atoms with Gasteiger partial charge in [0.2, 0.25) is 0 Å². The van der Waals surface area contributed by atoms with E-state index in [-0.39, 0.29) is 5.56 Å². The van der Waals surface area contributed by atoms with Gasteiger partial charge in [-0.3, -0.25) is 4.79 Å². The molecule has 4 aromatic rings. The van der Waals surface area contributed by atoms with Crippen molar-refractivity contribution >= 4 is 22.7 Å². The Bertz CT molecular complexity index is 1170. The number of rotatable bonds is 4. The van der Waals surface area contributed by atoms with Crippen LogP contribution >= 0.6 is 11.8 Å². The fourth-order valence-corrected chi connectivity index (χ4v) is 3.55. The second-order valence-corrected chi connectivity index (χ2v) is 7.22. The molecule has 0 atom stereocenters. The smallest absolute Gasteiger partial charge is 0.261 e. The zero-order valence-electron chi connectivity index (χ0n) is 15.2. The van der Waals surface area contributed by atoms with Crippen LogP contribution < -0.4 is 5.56 Å². The summed E-state index contributed by atoms with van der Waals surface area (Å²) in [6, 6.07) is 18.3. The predicted molar refractivity (Wildman–Crippen MR) is 111 cm³/mol. The molecule has 0 saturated carbocycles. The lowest BCUT2D eigenvalue weighted by Crippen LogP contribution is -2.21. The second kappa shape index (κ2) is 7.37. The molecule has 0 fully saturated rings. The van der Waals surface area contributed by atoms with Crippen molar-refractivity contribution in [1.82, 2.24) is 14.5 Å². The van der Waals surface area contributed by atoms with Crippen LogP contribution in [0.15, 0.2) is 76.9 Å². The van der Waals surface area contributed by atoms with E-state index in [4.69, 9.17) is 0 Å². The monoisotopic (exact) mass is 373 g/mol. The lowest BCUT2D eigenvalue weighted by atomic mass is 10.0. The van der Waals surface area contributed by atoms with Crippen molar-refractivity contribution < 1.29 is 0 Å². The largest absolute Gasteiger partial charge is 0.310 e. The molecule has 0 saturated heterocycles. The van der Waals surface area contributed by atoms with Crippen molar-refractivity contribution in [1.29, 1.82) is 0 Å². The highest BCUT2D eigenvalue weighted by atomic mass is 32.2. The topological polar surface area (TPSA) is 47.8 Å². The molecule has 2 aromatic carbocycles. The molecule has 0 unspecified atom stereocenters. The van der Waals surface area contributed by atoms with E-state index in [0.29, 0.717) is 22.6 Å². The molecule has 2 aromatic heterocycles. The number of nitrogens with zero attached hydrogens (tertiary/aromatic N) is 3. The Labute approximate surface area is 161 Å². The van der Waals surface area contributed by atoms with Crippen LogP contribution in [0.2, 0.25) is 0 Å². The molecular weight excluding hydrogens is 354 g/mol. The summed E-state index contributed by atoms with van der Waals surface area (Å²) in [4.78, 5) is 22.0. The molecule has 2 heterocycles. The summed E-state index contributed by atoms with van der Waals surface area (Å²) >= 11 is 1.47. The normalized spacial score (nSPS) is 11.0. The first-order valence-corrected chi connectivity index (χ1v) is 9.93. The molecule has 0 aliphatic rings. The van der Waals surface area contributed by atoms with Gasteiger partial charge in [0.15, 0.2) is 5.16 Å². The highest BCUT2D eigenvalue weighted by Crippen LogP contribution is 2.26. The van der Waals surface area contributed by atoms with E-state index < -0.39 is 0 Å². The maximum atomic E-state index is 13.1. The molecule has 0 aliphatic carbocycles. The number of thioether (sulfide) groups is 1. The van der Waals surface area contributed by atoms with Crippen LogP contribution in [-0.4, -0.2) is 20.8 Å². The standard InChI is InChI=1S/C22H19N3OS/c1-15-7-6-8-16(11-15)13-25-14-19(17-9-4-3-5-10-17)20-18(21(25)26)12-23-22(24-20)27-2/h3-12,14H,13H2,1-2H3. The quantitative estimate of drug-likeness (QED) is 0.389. The van der Waals surface area contributed by atoms with Gasteiger partial charge in [0.1, 0.15) is 0 Å². The van der Waals surface area contributed by atoms with Crippen LogP contribution in [0.4, 0.5) is 0 Å². The summed E-state index contributed by atoms with van der Waals surface area (Å²) in [6.07, 6.45) is 5.50. The van der Waals surface area contributed by atoms with Crippen LogP contribution in [0.25, 0.3) is 22.0 Å². The van der Waals surface area contributed by atoms with Crippen molar-refractivity contribution in [3.8, 4) is 11.1 Å². The van der Waals surface area contributed by atoms with Gasteiger partial charge in [0.25, 0.3) is 5.56 Å². The Hall–Kier alpha value is -2.92. The van der Waals surface area contributed by atoms with E-state index in [1.807, 2.05) is 54.9 Å². The first kappa shape index (κ1) is 17.5. The van der Waals surface area contributed by atoms with Gasteiger partial charge >= 0.3 is 0 Å². The van der Waals surface area contributed by atoms with Gasteiger partial charge in [-0.15, -0.1) is 0 Å². The molecule has 0 N–H and O–H groups in total. The van der Waals surface area contributed by atoms with Gasteiger partial charge in [-0.05, 0) is 24.3 Å². The van der Waals surface area contributed by atoms with Crippen LogP contribution in [0.3, 0.4) is 0 Å². The summed E-state index contributed by atoms with van der Waals surface area (Å²) < 4.78 is 1.75. The van der Waals surface area contributed by atoms with Crippen molar-refractivity contribution in [3.05, 3.63) is 88.5 Å². The minimum Gasteiger partial charge on any atom is -0.310 e. The molecule has 0 bridgehead atoms. The second-order valence-electron chi connectivity index (χ2n) is 6.45. The number of aryl methyl sites for hydroxylation is 1. The first-order valence-electron chi connectivity index (χ1n) is 8.71. The molecule has 0 spiro atoms. The molecule has 0 aliphatic heterocycles. The van der Waals surface area contributed by atoms with E-state index in [1.54, 1.807) is 10.8 Å². The fourth-order valence-electron chi connectivity index (χ4n) is 3.21. The van der Waals surface area contributed by atoms with E-state index in [1.165, 1.54) is 17.3 Å². The Balaban J connectivity index is 1.95. The minimum absolute atomic E-state index is 0.0705. The highest BCUT2D eigenvalue weighted by molar-refractivity contribution is 7.98. The van der Waals surface area contributed by atoms with Gasteiger partial charge < -0.3 is 4.57 Å². The van der Waals surface area contributed by atoms with Crippen LogP contribution in [0, 0.1) is 6.92 Å². The summed E-state index contributed by atoms with van der Waals surface area (Å²) in [5, 5.41) is 1.21. The number of benzene rings is 2.